The van der Waals surface area contributed by atoms with E-state index in [1.807, 2.05) is 0 Å². The van der Waals surface area contributed by atoms with Gasteiger partial charge in [0.2, 0.25) is 5.91 Å². The molecule has 0 unspecified atom stereocenters. The molecule has 100 valence electrons. The zero-order chi connectivity index (χ0) is 13.7. The Hall–Kier alpha value is -2.17. The van der Waals surface area contributed by atoms with Crippen LogP contribution in [0.15, 0.2) is 30.3 Å². The smallest absolute Gasteiger partial charge is 0.274 e. The van der Waals surface area contributed by atoms with Gasteiger partial charge in [-0.3, -0.25) is 19.8 Å². The van der Waals surface area contributed by atoms with Gasteiger partial charge in [-0.25, -0.2) is 4.79 Å². The first kappa shape index (κ1) is 13.3. The van der Waals surface area contributed by atoms with Crippen molar-refractivity contribution in [1.29, 1.82) is 0 Å². The van der Waals surface area contributed by atoms with E-state index in [-0.39, 0.29) is 5.91 Å². The van der Waals surface area contributed by atoms with Gasteiger partial charge in [0.25, 0.3) is 5.91 Å². The fourth-order valence-electron chi connectivity index (χ4n) is 2.02. The molecule has 0 spiro atoms. The van der Waals surface area contributed by atoms with E-state index in [1.54, 1.807) is 30.3 Å². The van der Waals surface area contributed by atoms with Crippen LogP contribution in [0.5, 0.6) is 0 Å². The molecule has 1 heterocycles. The summed E-state index contributed by atoms with van der Waals surface area (Å²) in [4.78, 5) is 36.6. The van der Waals surface area contributed by atoms with Crippen LogP contribution < -0.4 is 5.32 Å². The standard InChI is InChI=1S/C14H16N2O3/c17-12-9-5-2-6-10-16(12)14(19)15-13(18)11-7-3-1-4-8-11/h1,3-4,7-8H,2,5-6,9-10H2,(H,15,18,19). The number of urea groups is 1. The average molecular weight is 260 g/mol. The number of benzene rings is 1. The topological polar surface area (TPSA) is 66.5 Å². The molecule has 0 saturated carbocycles. The van der Waals surface area contributed by atoms with Crippen LogP contribution in [0.25, 0.3) is 0 Å². The highest BCUT2D eigenvalue weighted by atomic mass is 16.2. The highest BCUT2D eigenvalue weighted by molar-refractivity contribution is 6.07. The lowest BCUT2D eigenvalue weighted by Gasteiger charge is -2.18. The van der Waals surface area contributed by atoms with Crippen molar-refractivity contribution in [1.82, 2.24) is 10.2 Å². The molecule has 0 bridgehead atoms. The van der Waals surface area contributed by atoms with Gasteiger partial charge in [-0.1, -0.05) is 24.6 Å². The van der Waals surface area contributed by atoms with Gasteiger partial charge in [-0.05, 0) is 25.0 Å². The number of nitrogens with one attached hydrogen (secondary N) is 1. The molecule has 0 aromatic heterocycles. The van der Waals surface area contributed by atoms with Gasteiger partial charge < -0.3 is 0 Å². The second-order valence-corrected chi connectivity index (χ2v) is 4.48. The number of rotatable bonds is 1. The van der Waals surface area contributed by atoms with Gasteiger partial charge >= 0.3 is 6.03 Å². The first-order chi connectivity index (χ1) is 9.18. The van der Waals surface area contributed by atoms with Crippen LogP contribution in [0, 0.1) is 0 Å². The molecular formula is C14H16N2O3. The maximum absolute atomic E-state index is 11.9. The zero-order valence-corrected chi connectivity index (χ0v) is 10.6. The molecular weight excluding hydrogens is 244 g/mol. The molecule has 5 nitrogen and oxygen atoms in total. The van der Waals surface area contributed by atoms with E-state index in [0.29, 0.717) is 18.5 Å². The number of carbonyl (C=O) groups is 3. The van der Waals surface area contributed by atoms with Crippen molar-refractivity contribution in [2.24, 2.45) is 0 Å². The summed E-state index contributed by atoms with van der Waals surface area (Å²) >= 11 is 0. The molecule has 1 aliphatic heterocycles. The van der Waals surface area contributed by atoms with Crippen molar-refractivity contribution < 1.29 is 14.4 Å². The number of nitrogens with zero attached hydrogens (tertiary/aromatic N) is 1. The second-order valence-electron chi connectivity index (χ2n) is 4.48. The SMILES string of the molecule is O=C(NC(=O)N1CCCCCC1=O)c1ccccc1. The Kier molecular flexibility index (Phi) is 4.28. The van der Waals surface area contributed by atoms with Crippen LogP contribution >= 0.6 is 0 Å². The number of carbonyl (C=O) groups excluding carboxylic acids is 3. The van der Waals surface area contributed by atoms with Crippen LogP contribution in [-0.4, -0.2) is 29.3 Å². The average Bonchev–Trinajstić information content (AvgIpc) is 2.64. The van der Waals surface area contributed by atoms with Crippen LogP contribution in [0.2, 0.25) is 0 Å². The van der Waals surface area contributed by atoms with E-state index in [0.717, 1.165) is 24.2 Å². The van der Waals surface area contributed by atoms with Gasteiger partial charge in [0.15, 0.2) is 0 Å². The van der Waals surface area contributed by atoms with Gasteiger partial charge in [0, 0.05) is 18.5 Å². The number of hydrogen-bond acceptors (Lipinski definition) is 3. The summed E-state index contributed by atoms with van der Waals surface area (Å²) in [5.41, 5.74) is 0.401. The minimum atomic E-state index is -0.624. The van der Waals surface area contributed by atoms with E-state index in [9.17, 15) is 14.4 Å². The van der Waals surface area contributed by atoms with Crippen molar-refractivity contribution in [3.8, 4) is 0 Å². The van der Waals surface area contributed by atoms with Gasteiger partial charge in [0.1, 0.15) is 0 Å². The highest BCUT2D eigenvalue weighted by Crippen LogP contribution is 2.11. The zero-order valence-electron chi connectivity index (χ0n) is 10.6. The van der Waals surface area contributed by atoms with Crippen LogP contribution in [0.3, 0.4) is 0 Å². The van der Waals surface area contributed by atoms with Crippen molar-refractivity contribution in [2.75, 3.05) is 6.54 Å². The molecule has 1 aliphatic rings. The van der Waals surface area contributed by atoms with Gasteiger partial charge in [-0.2, -0.15) is 0 Å². The Bertz CT molecular complexity index is 485. The van der Waals surface area contributed by atoms with Gasteiger partial charge in [-0.15, -0.1) is 0 Å². The first-order valence-corrected chi connectivity index (χ1v) is 6.39. The molecule has 5 heteroatoms. The second kappa shape index (κ2) is 6.13. The van der Waals surface area contributed by atoms with E-state index in [2.05, 4.69) is 5.32 Å². The Morgan fingerprint density at radius 1 is 1.05 bits per heavy atom. The Balaban J connectivity index is 2.00. The minimum Gasteiger partial charge on any atom is -0.274 e. The van der Waals surface area contributed by atoms with Crippen LogP contribution in [-0.2, 0) is 4.79 Å². The van der Waals surface area contributed by atoms with Crippen molar-refractivity contribution in [2.45, 2.75) is 25.7 Å². The lowest BCUT2D eigenvalue weighted by molar-refractivity contribution is -0.127. The fourth-order valence-corrected chi connectivity index (χ4v) is 2.02. The summed E-state index contributed by atoms with van der Waals surface area (Å²) in [6.07, 6.45) is 2.89. The van der Waals surface area contributed by atoms with Gasteiger partial charge in [0.05, 0.1) is 0 Å². The van der Waals surface area contributed by atoms with Crippen molar-refractivity contribution in [3.05, 3.63) is 35.9 Å². The highest BCUT2D eigenvalue weighted by Gasteiger charge is 2.24. The van der Waals surface area contributed by atoms with Crippen molar-refractivity contribution in [3.63, 3.8) is 0 Å². The van der Waals surface area contributed by atoms with E-state index < -0.39 is 11.9 Å². The lowest BCUT2D eigenvalue weighted by Crippen LogP contribution is -2.45. The third-order valence-corrected chi connectivity index (χ3v) is 3.08. The number of hydrogen-bond donors (Lipinski definition) is 1. The minimum absolute atomic E-state index is 0.212. The molecule has 1 N–H and O–H groups in total. The summed E-state index contributed by atoms with van der Waals surface area (Å²) in [6, 6.07) is 7.84. The predicted octanol–water partition coefficient (Wildman–Crippen LogP) is 1.94. The molecule has 2 rings (SSSR count). The fraction of sp³-hybridized carbons (Fsp3) is 0.357. The largest absolute Gasteiger partial charge is 0.331 e. The number of imide groups is 2. The Labute approximate surface area is 111 Å². The quantitative estimate of drug-likeness (QED) is 0.839. The molecule has 0 radical (unpaired) electrons. The third-order valence-electron chi connectivity index (χ3n) is 3.08. The first-order valence-electron chi connectivity index (χ1n) is 6.39. The summed E-state index contributed by atoms with van der Waals surface area (Å²) in [5.74, 6) is -0.696. The van der Waals surface area contributed by atoms with Crippen LogP contribution in [0.4, 0.5) is 4.79 Å². The number of likely N-dealkylation sites (tertiary alicyclic amines) is 1. The molecule has 19 heavy (non-hydrogen) atoms. The molecule has 0 atom stereocenters. The lowest BCUT2D eigenvalue weighted by atomic mass is 10.2. The molecule has 0 aliphatic carbocycles. The molecule has 1 aromatic carbocycles. The third kappa shape index (κ3) is 3.40. The van der Waals surface area contributed by atoms with Crippen LogP contribution in [0.1, 0.15) is 36.0 Å². The summed E-state index contributed by atoms with van der Waals surface area (Å²) in [7, 11) is 0. The van der Waals surface area contributed by atoms with E-state index in [4.69, 9.17) is 0 Å². The maximum Gasteiger partial charge on any atom is 0.331 e. The molecule has 1 fully saturated rings. The molecule has 4 amide bonds. The van der Waals surface area contributed by atoms with E-state index >= 15 is 0 Å². The summed E-state index contributed by atoms with van der Waals surface area (Å²) in [5, 5.41) is 2.25. The monoisotopic (exact) mass is 260 g/mol. The normalized spacial score (nSPS) is 15.8. The molecule has 1 aromatic rings. The van der Waals surface area contributed by atoms with Crippen molar-refractivity contribution >= 4 is 17.8 Å². The van der Waals surface area contributed by atoms with E-state index in [1.165, 1.54) is 0 Å². The summed E-state index contributed by atoms with van der Waals surface area (Å²) < 4.78 is 0. The Morgan fingerprint density at radius 2 is 1.79 bits per heavy atom. The summed E-state index contributed by atoms with van der Waals surface area (Å²) in [6.45, 7) is 0.382. The Morgan fingerprint density at radius 3 is 2.53 bits per heavy atom. The predicted molar refractivity (Wildman–Crippen MR) is 69.5 cm³/mol. The number of amides is 4. The maximum atomic E-state index is 11.9. The molecule has 1 saturated heterocycles.